The van der Waals surface area contributed by atoms with Gasteiger partial charge in [-0.3, -0.25) is 0 Å². The Morgan fingerprint density at radius 3 is 1.56 bits per heavy atom. The fourth-order valence-electron chi connectivity index (χ4n) is 10.2. The number of fused-ring (bicyclic) bond motifs is 6. The maximum Gasteiger partial charge on any atom is 0.143 e. The summed E-state index contributed by atoms with van der Waals surface area (Å²) in [5, 5.41) is 2.24. The Kier molecular flexibility index (Phi) is 8.76. The van der Waals surface area contributed by atoms with E-state index in [1.165, 1.54) is 44.5 Å². The first kappa shape index (κ1) is 36.6. The lowest BCUT2D eigenvalue weighted by atomic mass is 9.68. The Hall–Kier alpha value is -8.20. The van der Waals surface area contributed by atoms with Gasteiger partial charge in [-0.05, 0) is 92.0 Å². The van der Waals surface area contributed by atoms with Gasteiger partial charge in [0.15, 0.2) is 0 Å². The second kappa shape index (κ2) is 15.1. The molecule has 0 atom stereocenters. The summed E-state index contributed by atoms with van der Waals surface area (Å²) in [5.41, 5.74) is 18.9. The van der Waals surface area contributed by atoms with E-state index in [2.05, 4.69) is 248 Å². The van der Waals surface area contributed by atoms with E-state index in [9.17, 15) is 0 Å². The van der Waals surface area contributed by atoms with Crippen LogP contribution in [-0.2, 0) is 5.41 Å². The number of rotatable bonds is 8. The minimum atomic E-state index is -0.530. The first-order chi connectivity index (χ1) is 31.3. The van der Waals surface area contributed by atoms with Crippen molar-refractivity contribution in [3.05, 3.63) is 271 Å². The van der Waals surface area contributed by atoms with Crippen molar-refractivity contribution >= 4 is 39.0 Å². The molecule has 0 bridgehead atoms. The van der Waals surface area contributed by atoms with Crippen molar-refractivity contribution in [3.8, 4) is 44.5 Å². The molecule has 0 saturated heterocycles. The van der Waals surface area contributed by atoms with Crippen molar-refractivity contribution in [2.75, 3.05) is 4.90 Å². The van der Waals surface area contributed by atoms with E-state index >= 15 is 0 Å². The molecule has 0 aliphatic heterocycles. The molecular formula is C61H41NO. The average molecular weight is 804 g/mol. The van der Waals surface area contributed by atoms with Gasteiger partial charge >= 0.3 is 0 Å². The van der Waals surface area contributed by atoms with E-state index in [0.717, 1.165) is 61.3 Å². The first-order valence-electron chi connectivity index (χ1n) is 21.7. The van der Waals surface area contributed by atoms with Gasteiger partial charge < -0.3 is 9.32 Å². The van der Waals surface area contributed by atoms with Gasteiger partial charge in [0.05, 0.1) is 11.1 Å². The van der Waals surface area contributed by atoms with Crippen LogP contribution in [0.1, 0.15) is 22.3 Å². The van der Waals surface area contributed by atoms with Crippen molar-refractivity contribution in [1.29, 1.82) is 0 Å². The molecule has 0 fully saturated rings. The van der Waals surface area contributed by atoms with Crippen molar-refractivity contribution < 1.29 is 4.42 Å². The van der Waals surface area contributed by atoms with Crippen LogP contribution in [0.5, 0.6) is 0 Å². The normalized spacial score (nSPS) is 12.6. The maximum absolute atomic E-state index is 6.60. The molecular weight excluding hydrogens is 763 g/mol. The van der Waals surface area contributed by atoms with E-state index in [1.807, 2.05) is 6.07 Å². The van der Waals surface area contributed by atoms with Crippen LogP contribution in [0, 0.1) is 0 Å². The van der Waals surface area contributed by atoms with E-state index in [-0.39, 0.29) is 0 Å². The number of hydrogen-bond donors (Lipinski definition) is 0. The third-order valence-corrected chi connectivity index (χ3v) is 13.0. The van der Waals surface area contributed by atoms with Gasteiger partial charge in [0.1, 0.15) is 11.2 Å². The predicted molar refractivity (Wildman–Crippen MR) is 262 cm³/mol. The van der Waals surface area contributed by atoms with Crippen LogP contribution in [-0.4, -0.2) is 0 Å². The van der Waals surface area contributed by atoms with Crippen LogP contribution in [0.25, 0.3) is 66.4 Å². The summed E-state index contributed by atoms with van der Waals surface area (Å²) in [6.07, 6.45) is 0. The molecule has 10 aromatic carbocycles. The van der Waals surface area contributed by atoms with Crippen LogP contribution in [0.4, 0.5) is 17.1 Å². The van der Waals surface area contributed by atoms with E-state index in [4.69, 9.17) is 4.42 Å². The Labute approximate surface area is 367 Å². The average Bonchev–Trinajstić information content (AvgIpc) is 3.90. The second-order valence-corrected chi connectivity index (χ2v) is 16.4. The largest absolute Gasteiger partial charge is 0.455 e. The molecule has 12 rings (SSSR count). The molecule has 296 valence electrons. The number of anilines is 3. The minimum absolute atomic E-state index is 0.530. The van der Waals surface area contributed by atoms with Crippen LogP contribution in [0.3, 0.4) is 0 Å². The number of hydrogen-bond acceptors (Lipinski definition) is 2. The van der Waals surface area contributed by atoms with Gasteiger partial charge in [0.25, 0.3) is 0 Å². The standard InChI is InChI=1S/C61H41NO/c1-4-18-42(19-5-1)43-36-38-44(39-37-43)45-20-14-26-49(40-45)62(50-27-15-21-46(41-50)51-30-16-31-53-52-28-11-13-35-58(52)63-60(51)53)57-34-17-33-56-59(57)54-29-10-12-32-55(54)61(56,47-22-6-2-7-23-47)48-24-8-3-9-25-48/h1-41H. The second-order valence-electron chi connectivity index (χ2n) is 16.4. The summed E-state index contributed by atoms with van der Waals surface area (Å²) in [6, 6.07) is 90.2. The highest BCUT2D eigenvalue weighted by atomic mass is 16.3. The summed E-state index contributed by atoms with van der Waals surface area (Å²) in [5.74, 6) is 0. The first-order valence-corrected chi connectivity index (χ1v) is 21.7. The van der Waals surface area contributed by atoms with Crippen molar-refractivity contribution in [1.82, 2.24) is 0 Å². The fraction of sp³-hybridized carbons (Fsp3) is 0.0164. The molecule has 0 radical (unpaired) electrons. The molecule has 11 aromatic rings. The maximum atomic E-state index is 6.60. The monoisotopic (exact) mass is 803 g/mol. The molecule has 63 heavy (non-hydrogen) atoms. The van der Waals surface area contributed by atoms with Gasteiger partial charge in [-0.1, -0.05) is 212 Å². The minimum Gasteiger partial charge on any atom is -0.455 e. The molecule has 1 aliphatic carbocycles. The Morgan fingerprint density at radius 1 is 0.333 bits per heavy atom. The summed E-state index contributed by atoms with van der Waals surface area (Å²) in [4.78, 5) is 2.46. The SMILES string of the molecule is c1ccc(-c2ccc(-c3cccc(N(c4cccc(-c5cccc6c5oc5ccccc56)c4)c4cccc5c4-c4ccccc4C5(c4ccccc4)c4ccccc4)c3)cc2)cc1. The third kappa shape index (κ3) is 5.95. The zero-order chi connectivity index (χ0) is 41.7. The van der Waals surface area contributed by atoms with Gasteiger partial charge in [-0.2, -0.15) is 0 Å². The van der Waals surface area contributed by atoms with E-state index in [1.54, 1.807) is 0 Å². The van der Waals surface area contributed by atoms with Crippen molar-refractivity contribution in [2.45, 2.75) is 5.41 Å². The fourth-order valence-corrected chi connectivity index (χ4v) is 10.2. The molecule has 1 heterocycles. The molecule has 0 saturated carbocycles. The van der Waals surface area contributed by atoms with Crippen molar-refractivity contribution in [2.24, 2.45) is 0 Å². The highest BCUT2D eigenvalue weighted by Gasteiger charge is 2.47. The van der Waals surface area contributed by atoms with Crippen LogP contribution in [0.15, 0.2) is 253 Å². The zero-order valence-electron chi connectivity index (χ0n) is 34.5. The summed E-state index contributed by atoms with van der Waals surface area (Å²) < 4.78 is 6.60. The number of nitrogens with zero attached hydrogens (tertiary/aromatic N) is 1. The molecule has 2 nitrogen and oxygen atoms in total. The van der Waals surface area contributed by atoms with Gasteiger partial charge in [0.2, 0.25) is 0 Å². The number of benzene rings is 10. The molecule has 0 N–H and O–H groups in total. The third-order valence-electron chi connectivity index (χ3n) is 13.0. The molecule has 0 spiro atoms. The topological polar surface area (TPSA) is 16.4 Å². The van der Waals surface area contributed by atoms with Crippen LogP contribution in [0.2, 0.25) is 0 Å². The number of para-hydroxylation sites is 2. The van der Waals surface area contributed by atoms with Gasteiger partial charge in [-0.25, -0.2) is 0 Å². The lowest BCUT2D eigenvalue weighted by molar-refractivity contribution is 0.670. The van der Waals surface area contributed by atoms with E-state index in [0.29, 0.717) is 0 Å². The summed E-state index contributed by atoms with van der Waals surface area (Å²) >= 11 is 0. The lowest BCUT2D eigenvalue weighted by Gasteiger charge is -2.34. The Bertz CT molecular complexity index is 3400. The zero-order valence-corrected chi connectivity index (χ0v) is 34.5. The highest BCUT2D eigenvalue weighted by molar-refractivity contribution is 6.10. The van der Waals surface area contributed by atoms with E-state index < -0.39 is 5.41 Å². The number of furan rings is 1. The van der Waals surface area contributed by atoms with Gasteiger partial charge in [0, 0.05) is 33.3 Å². The molecule has 2 heteroatoms. The summed E-state index contributed by atoms with van der Waals surface area (Å²) in [6.45, 7) is 0. The summed E-state index contributed by atoms with van der Waals surface area (Å²) in [7, 11) is 0. The smallest absolute Gasteiger partial charge is 0.143 e. The van der Waals surface area contributed by atoms with Crippen LogP contribution >= 0.6 is 0 Å². The van der Waals surface area contributed by atoms with Crippen LogP contribution < -0.4 is 4.90 Å². The van der Waals surface area contributed by atoms with Gasteiger partial charge in [-0.15, -0.1) is 0 Å². The molecule has 1 aliphatic rings. The predicted octanol–water partition coefficient (Wildman–Crippen LogP) is 16.4. The Morgan fingerprint density at radius 2 is 0.825 bits per heavy atom. The quantitative estimate of drug-likeness (QED) is 0.152. The lowest BCUT2D eigenvalue weighted by Crippen LogP contribution is -2.28. The molecule has 0 unspecified atom stereocenters. The highest BCUT2D eigenvalue weighted by Crippen LogP contribution is 2.59. The molecule has 0 amide bonds. The Balaban J connectivity index is 1.09. The van der Waals surface area contributed by atoms with Crippen molar-refractivity contribution in [3.63, 3.8) is 0 Å². The molecule has 1 aromatic heterocycles.